The van der Waals surface area contributed by atoms with Crippen LogP contribution in [0.4, 0.5) is 11.4 Å². The van der Waals surface area contributed by atoms with Crippen molar-refractivity contribution in [2.24, 2.45) is 0 Å². The number of thioether (sulfide) groups is 1. The molecule has 1 aromatic heterocycles. The SMILES string of the molecule is CCCSc1ccc(N)c(NC(=O)c2ccoc2CC)c1. The van der Waals surface area contributed by atoms with Gasteiger partial charge in [-0.1, -0.05) is 13.8 Å². The second-order valence-corrected chi connectivity index (χ2v) is 5.83. The number of nitrogens with two attached hydrogens (primary N) is 1. The summed E-state index contributed by atoms with van der Waals surface area (Å²) in [5, 5.41) is 2.87. The highest BCUT2D eigenvalue weighted by molar-refractivity contribution is 7.99. The van der Waals surface area contributed by atoms with Crippen molar-refractivity contribution in [3.05, 3.63) is 41.9 Å². The van der Waals surface area contributed by atoms with Gasteiger partial charge in [0.15, 0.2) is 0 Å². The molecule has 0 spiro atoms. The minimum Gasteiger partial charge on any atom is -0.469 e. The molecule has 1 aromatic carbocycles. The summed E-state index contributed by atoms with van der Waals surface area (Å²) in [6, 6.07) is 7.39. The number of aryl methyl sites for hydroxylation is 1. The molecule has 1 amide bonds. The minimum absolute atomic E-state index is 0.190. The molecule has 3 N–H and O–H groups in total. The first-order valence-electron chi connectivity index (χ1n) is 7.05. The Morgan fingerprint density at radius 2 is 2.14 bits per heavy atom. The molecule has 0 atom stereocenters. The third-order valence-corrected chi connectivity index (χ3v) is 4.26. The molecule has 0 aliphatic heterocycles. The highest BCUT2D eigenvalue weighted by atomic mass is 32.2. The van der Waals surface area contributed by atoms with Crippen molar-refractivity contribution < 1.29 is 9.21 Å². The van der Waals surface area contributed by atoms with E-state index >= 15 is 0 Å². The van der Waals surface area contributed by atoms with Crippen LogP contribution in [-0.4, -0.2) is 11.7 Å². The number of carbonyl (C=O) groups excluding carboxylic acids is 1. The summed E-state index contributed by atoms with van der Waals surface area (Å²) < 4.78 is 5.28. The Bertz CT molecular complexity index is 622. The zero-order valence-electron chi connectivity index (χ0n) is 12.3. The van der Waals surface area contributed by atoms with E-state index in [2.05, 4.69) is 12.2 Å². The maximum atomic E-state index is 12.3. The van der Waals surface area contributed by atoms with E-state index in [4.69, 9.17) is 10.2 Å². The van der Waals surface area contributed by atoms with Crippen molar-refractivity contribution in [2.75, 3.05) is 16.8 Å². The highest BCUT2D eigenvalue weighted by Gasteiger charge is 2.14. The molecule has 5 heteroatoms. The summed E-state index contributed by atoms with van der Waals surface area (Å²) in [6.07, 6.45) is 3.31. The Morgan fingerprint density at radius 3 is 2.86 bits per heavy atom. The summed E-state index contributed by atoms with van der Waals surface area (Å²) in [5.41, 5.74) is 7.71. The number of benzene rings is 1. The molecule has 0 aliphatic rings. The molecule has 0 aliphatic carbocycles. The van der Waals surface area contributed by atoms with Gasteiger partial charge in [0.2, 0.25) is 0 Å². The lowest BCUT2D eigenvalue weighted by Gasteiger charge is -2.10. The molecule has 0 saturated carbocycles. The summed E-state index contributed by atoms with van der Waals surface area (Å²) in [7, 11) is 0. The van der Waals surface area contributed by atoms with Crippen molar-refractivity contribution in [1.29, 1.82) is 0 Å². The van der Waals surface area contributed by atoms with Gasteiger partial charge in [-0.3, -0.25) is 4.79 Å². The van der Waals surface area contributed by atoms with Gasteiger partial charge >= 0.3 is 0 Å². The monoisotopic (exact) mass is 304 g/mol. The smallest absolute Gasteiger partial charge is 0.259 e. The molecular weight excluding hydrogens is 284 g/mol. The molecular formula is C16H20N2O2S. The predicted molar refractivity (Wildman–Crippen MR) is 87.9 cm³/mol. The molecule has 2 aromatic rings. The maximum absolute atomic E-state index is 12.3. The summed E-state index contributed by atoms with van der Waals surface area (Å²) in [5.74, 6) is 1.53. The van der Waals surface area contributed by atoms with Crippen LogP contribution in [0, 0.1) is 0 Å². The van der Waals surface area contributed by atoms with Gasteiger partial charge in [-0.15, -0.1) is 11.8 Å². The molecule has 0 fully saturated rings. The fraction of sp³-hybridized carbons (Fsp3) is 0.312. The predicted octanol–water partition coefficient (Wildman–Crippen LogP) is 4.18. The second-order valence-electron chi connectivity index (χ2n) is 4.66. The lowest BCUT2D eigenvalue weighted by Crippen LogP contribution is -2.14. The van der Waals surface area contributed by atoms with Crippen LogP contribution in [0.2, 0.25) is 0 Å². The Morgan fingerprint density at radius 1 is 1.33 bits per heavy atom. The van der Waals surface area contributed by atoms with Gasteiger partial charge < -0.3 is 15.5 Å². The van der Waals surface area contributed by atoms with Crippen molar-refractivity contribution in [1.82, 2.24) is 0 Å². The van der Waals surface area contributed by atoms with Crippen LogP contribution in [0.25, 0.3) is 0 Å². The maximum Gasteiger partial charge on any atom is 0.259 e. The molecule has 1 heterocycles. The standard InChI is InChI=1S/C16H20N2O2S/c1-3-9-21-11-5-6-13(17)14(10-11)18-16(19)12-7-8-20-15(12)4-2/h5-8,10H,3-4,9,17H2,1-2H3,(H,18,19). The van der Waals surface area contributed by atoms with E-state index in [9.17, 15) is 4.79 Å². The van der Waals surface area contributed by atoms with Crippen LogP contribution in [0.1, 0.15) is 36.4 Å². The molecule has 4 nitrogen and oxygen atoms in total. The van der Waals surface area contributed by atoms with Crippen molar-refractivity contribution in [3.63, 3.8) is 0 Å². The fourth-order valence-corrected chi connectivity index (χ4v) is 2.76. The third kappa shape index (κ3) is 3.82. The lowest BCUT2D eigenvalue weighted by molar-refractivity contribution is 0.102. The van der Waals surface area contributed by atoms with Crippen LogP contribution < -0.4 is 11.1 Å². The average molecular weight is 304 g/mol. The summed E-state index contributed by atoms with van der Waals surface area (Å²) in [6.45, 7) is 4.09. The van der Waals surface area contributed by atoms with E-state index < -0.39 is 0 Å². The lowest BCUT2D eigenvalue weighted by atomic mass is 10.2. The Hall–Kier alpha value is -1.88. The molecule has 2 rings (SSSR count). The van der Waals surface area contributed by atoms with Crippen molar-refractivity contribution >= 4 is 29.0 Å². The minimum atomic E-state index is -0.190. The van der Waals surface area contributed by atoms with E-state index in [0.29, 0.717) is 29.1 Å². The van der Waals surface area contributed by atoms with Crippen LogP contribution in [0.3, 0.4) is 0 Å². The molecule has 112 valence electrons. The van der Waals surface area contributed by atoms with E-state index in [0.717, 1.165) is 17.1 Å². The average Bonchev–Trinajstić information content (AvgIpc) is 2.96. The van der Waals surface area contributed by atoms with Crippen LogP contribution in [0.5, 0.6) is 0 Å². The van der Waals surface area contributed by atoms with Gasteiger partial charge in [0, 0.05) is 11.3 Å². The fourth-order valence-electron chi connectivity index (χ4n) is 1.96. The number of rotatable bonds is 6. The van der Waals surface area contributed by atoms with Gasteiger partial charge in [-0.05, 0) is 36.4 Å². The molecule has 0 radical (unpaired) electrons. The van der Waals surface area contributed by atoms with Crippen LogP contribution >= 0.6 is 11.8 Å². The first-order chi connectivity index (χ1) is 10.2. The van der Waals surface area contributed by atoms with Crippen LogP contribution in [0.15, 0.2) is 39.8 Å². The highest BCUT2D eigenvalue weighted by Crippen LogP contribution is 2.27. The van der Waals surface area contributed by atoms with E-state index in [1.54, 1.807) is 17.8 Å². The zero-order valence-corrected chi connectivity index (χ0v) is 13.1. The molecule has 0 bridgehead atoms. The quantitative estimate of drug-likeness (QED) is 0.620. The third-order valence-electron chi connectivity index (χ3n) is 3.06. The number of nitrogen functional groups attached to an aromatic ring is 1. The van der Waals surface area contributed by atoms with Gasteiger partial charge in [0.1, 0.15) is 5.76 Å². The Labute approximate surface area is 129 Å². The van der Waals surface area contributed by atoms with E-state index in [-0.39, 0.29) is 5.91 Å². The van der Waals surface area contributed by atoms with Gasteiger partial charge in [-0.25, -0.2) is 0 Å². The Balaban J connectivity index is 2.16. The summed E-state index contributed by atoms with van der Waals surface area (Å²) in [4.78, 5) is 13.4. The number of hydrogen-bond acceptors (Lipinski definition) is 4. The first-order valence-corrected chi connectivity index (χ1v) is 8.04. The normalized spacial score (nSPS) is 10.6. The second kappa shape index (κ2) is 7.22. The first kappa shape index (κ1) is 15.5. The largest absolute Gasteiger partial charge is 0.469 e. The number of amides is 1. The molecule has 0 saturated heterocycles. The topological polar surface area (TPSA) is 68.3 Å². The van der Waals surface area contributed by atoms with Crippen molar-refractivity contribution in [2.45, 2.75) is 31.6 Å². The van der Waals surface area contributed by atoms with Crippen LogP contribution in [-0.2, 0) is 6.42 Å². The number of anilines is 2. The number of nitrogens with one attached hydrogen (secondary N) is 1. The van der Waals surface area contributed by atoms with E-state index in [1.807, 2.05) is 25.1 Å². The molecule has 0 unspecified atom stereocenters. The van der Waals surface area contributed by atoms with Gasteiger partial charge in [-0.2, -0.15) is 0 Å². The number of hydrogen-bond donors (Lipinski definition) is 2. The molecule has 21 heavy (non-hydrogen) atoms. The number of furan rings is 1. The van der Waals surface area contributed by atoms with Gasteiger partial charge in [0.25, 0.3) is 5.91 Å². The zero-order chi connectivity index (χ0) is 15.2. The van der Waals surface area contributed by atoms with Gasteiger partial charge in [0.05, 0.1) is 23.2 Å². The summed E-state index contributed by atoms with van der Waals surface area (Å²) >= 11 is 1.75. The van der Waals surface area contributed by atoms with Crippen molar-refractivity contribution in [3.8, 4) is 0 Å². The van der Waals surface area contributed by atoms with E-state index in [1.165, 1.54) is 6.26 Å². The number of carbonyl (C=O) groups is 1. The Kier molecular flexibility index (Phi) is 5.33.